The van der Waals surface area contributed by atoms with Crippen molar-refractivity contribution in [3.8, 4) is 0 Å². The lowest BCUT2D eigenvalue weighted by atomic mass is 10.2. The lowest BCUT2D eigenvalue weighted by molar-refractivity contribution is -0.154. The van der Waals surface area contributed by atoms with Gasteiger partial charge in [-0.1, -0.05) is 0 Å². The first-order valence-corrected chi connectivity index (χ1v) is 2.79. The quantitative estimate of drug-likeness (QED) is 0.441. The second-order valence-electron chi connectivity index (χ2n) is 1.98. The maximum Gasteiger partial charge on any atom is 0.309 e. The number of cyclic esters (lactones) is 1. The molecule has 52 valence electrons. The first kappa shape index (κ1) is 6.51. The molecule has 0 saturated carbocycles. The SMILES string of the molecule is CN[C@H]1CC(=O)O[C@H]1O. The highest BCUT2D eigenvalue weighted by Gasteiger charge is 2.31. The van der Waals surface area contributed by atoms with Crippen LogP contribution in [0.25, 0.3) is 0 Å². The van der Waals surface area contributed by atoms with Gasteiger partial charge in [0.2, 0.25) is 6.29 Å². The minimum Gasteiger partial charge on any atom is -0.434 e. The van der Waals surface area contributed by atoms with E-state index in [1.165, 1.54) is 0 Å². The second kappa shape index (κ2) is 2.33. The maximum absolute atomic E-state index is 10.4. The number of likely N-dealkylation sites (N-methyl/N-ethyl adjacent to an activating group) is 1. The molecule has 1 aliphatic rings. The van der Waals surface area contributed by atoms with E-state index >= 15 is 0 Å². The van der Waals surface area contributed by atoms with Gasteiger partial charge < -0.3 is 15.2 Å². The van der Waals surface area contributed by atoms with Crippen molar-refractivity contribution in [3.05, 3.63) is 0 Å². The van der Waals surface area contributed by atoms with E-state index in [0.29, 0.717) is 0 Å². The van der Waals surface area contributed by atoms with Gasteiger partial charge in [0.25, 0.3) is 0 Å². The van der Waals surface area contributed by atoms with Crippen LogP contribution in [-0.2, 0) is 9.53 Å². The molecule has 1 aliphatic heterocycles. The summed E-state index contributed by atoms with van der Waals surface area (Å²) in [7, 11) is 1.68. The lowest BCUT2D eigenvalue weighted by Gasteiger charge is -2.08. The number of carbonyl (C=O) groups is 1. The van der Waals surface area contributed by atoms with Crippen LogP contribution in [0.15, 0.2) is 0 Å². The summed E-state index contributed by atoms with van der Waals surface area (Å²) in [5.74, 6) is -0.346. The molecule has 0 aromatic carbocycles. The third-order valence-corrected chi connectivity index (χ3v) is 1.35. The Morgan fingerprint density at radius 1 is 1.89 bits per heavy atom. The van der Waals surface area contributed by atoms with Crippen molar-refractivity contribution in [3.63, 3.8) is 0 Å². The van der Waals surface area contributed by atoms with Gasteiger partial charge in [-0.25, -0.2) is 0 Å². The zero-order valence-corrected chi connectivity index (χ0v) is 5.13. The highest BCUT2D eigenvalue weighted by molar-refractivity contribution is 5.72. The molecule has 2 atom stereocenters. The Morgan fingerprint density at radius 3 is 2.78 bits per heavy atom. The van der Waals surface area contributed by atoms with Crippen LogP contribution < -0.4 is 5.32 Å². The van der Waals surface area contributed by atoms with Crippen molar-refractivity contribution in [1.29, 1.82) is 0 Å². The fourth-order valence-corrected chi connectivity index (χ4v) is 0.790. The van der Waals surface area contributed by atoms with Crippen molar-refractivity contribution >= 4 is 5.97 Å². The summed E-state index contributed by atoms with van der Waals surface area (Å²) in [6.45, 7) is 0. The number of nitrogens with one attached hydrogen (secondary N) is 1. The van der Waals surface area contributed by atoms with E-state index in [9.17, 15) is 4.79 Å². The first-order chi connectivity index (χ1) is 4.24. The van der Waals surface area contributed by atoms with Gasteiger partial charge in [0, 0.05) is 0 Å². The largest absolute Gasteiger partial charge is 0.434 e. The summed E-state index contributed by atoms with van der Waals surface area (Å²) in [6.07, 6.45) is -0.694. The molecule has 0 spiro atoms. The normalized spacial score (nSPS) is 34.7. The van der Waals surface area contributed by atoms with Crippen LogP contribution in [0, 0.1) is 0 Å². The Bertz CT molecular complexity index is 125. The molecule has 0 unspecified atom stereocenters. The molecule has 1 rings (SSSR count). The van der Waals surface area contributed by atoms with Gasteiger partial charge in [-0.15, -0.1) is 0 Å². The molecule has 0 aromatic heterocycles. The van der Waals surface area contributed by atoms with Gasteiger partial charge in [-0.05, 0) is 7.05 Å². The van der Waals surface area contributed by atoms with Gasteiger partial charge in [0.05, 0.1) is 12.5 Å². The number of aliphatic hydroxyl groups excluding tert-OH is 1. The van der Waals surface area contributed by atoms with Crippen molar-refractivity contribution in [2.24, 2.45) is 0 Å². The van der Waals surface area contributed by atoms with E-state index in [4.69, 9.17) is 5.11 Å². The minimum atomic E-state index is -0.956. The smallest absolute Gasteiger partial charge is 0.309 e. The van der Waals surface area contributed by atoms with Crippen LogP contribution in [-0.4, -0.2) is 30.5 Å². The van der Waals surface area contributed by atoms with Crippen molar-refractivity contribution in [2.75, 3.05) is 7.05 Å². The Morgan fingerprint density at radius 2 is 2.56 bits per heavy atom. The monoisotopic (exact) mass is 131 g/mol. The molecule has 4 heteroatoms. The van der Waals surface area contributed by atoms with E-state index in [1.54, 1.807) is 7.05 Å². The van der Waals surface area contributed by atoms with E-state index in [1.807, 2.05) is 0 Å². The third-order valence-electron chi connectivity index (χ3n) is 1.35. The maximum atomic E-state index is 10.4. The zero-order chi connectivity index (χ0) is 6.85. The van der Waals surface area contributed by atoms with Gasteiger partial charge in [0.1, 0.15) is 0 Å². The molecule has 0 bridgehead atoms. The molecule has 1 saturated heterocycles. The Labute approximate surface area is 52.8 Å². The van der Waals surface area contributed by atoms with Crippen LogP contribution in [0.1, 0.15) is 6.42 Å². The number of carbonyl (C=O) groups excluding carboxylic acids is 1. The topological polar surface area (TPSA) is 58.6 Å². The van der Waals surface area contributed by atoms with Gasteiger partial charge in [-0.2, -0.15) is 0 Å². The molecular weight excluding hydrogens is 122 g/mol. The van der Waals surface area contributed by atoms with Crippen molar-refractivity contribution in [2.45, 2.75) is 18.8 Å². The molecule has 1 heterocycles. The summed E-state index contributed by atoms with van der Waals surface area (Å²) in [4.78, 5) is 10.4. The summed E-state index contributed by atoms with van der Waals surface area (Å²) in [5, 5.41) is 11.6. The van der Waals surface area contributed by atoms with E-state index in [0.717, 1.165) is 0 Å². The highest BCUT2D eigenvalue weighted by atomic mass is 16.6. The predicted octanol–water partition coefficient (Wildman–Crippen LogP) is -1.16. The first-order valence-electron chi connectivity index (χ1n) is 2.79. The standard InChI is InChI=1S/C5H9NO3/c1-6-3-2-4(7)9-5(3)8/h3,5-6,8H,2H2,1H3/t3-,5+/m0/s1. The number of ether oxygens (including phenoxy) is 1. The van der Waals surface area contributed by atoms with Crippen molar-refractivity contribution < 1.29 is 14.6 Å². The van der Waals surface area contributed by atoms with Gasteiger partial charge in [0.15, 0.2) is 0 Å². The third kappa shape index (κ3) is 1.20. The summed E-state index contributed by atoms with van der Waals surface area (Å²) in [5.41, 5.74) is 0. The van der Waals surface area contributed by atoms with Crippen LogP contribution in [0.4, 0.5) is 0 Å². The minimum absolute atomic E-state index is 0.225. The Balaban J connectivity index is 2.47. The van der Waals surface area contributed by atoms with Crippen LogP contribution in [0.3, 0.4) is 0 Å². The number of aliphatic hydroxyl groups is 1. The zero-order valence-electron chi connectivity index (χ0n) is 5.13. The van der Waals surface area contributed by atoms with E-state index < -0.39 is 6.29 Å². The molecular formula is C5H9NO3. The Hall–Kier alpha value is -0.610. The average Bonchev–Trinajstić information content (AvgIpc) is 2.10. The fraction of sp³-hybridized carbons (Fsp3) is 0.800. The highest BCUT2D eigenvalue weighted by Crippen LogP contribution is 2.10. The fourth-order valence-electron chi connectivity index (χ4n) is 0.790. The molecule has 4 nitrogen and oxygen atoms in total. The Kier molecular flexibility index (Phi) is 1.68. The summed E-state index contributed by atoms with van der Waals surface area (Å²) in [6, 6.07) is -0.225. The molecule has 0 amide bonds. The van der Waals surface area contributed by atoms with Gasteiger partial charge >= 0.3 is 5.97 Å². The van der Waals surface area contributed by atoms with E-state index in [-0.39, 0.29) is 18.4 Å². The van der Waals surface area contributed by atoms with Crippen LogP contribution in [0.5, 0.6) is 0 Å². The van der Waals surface area contributed by atoms with Crippen molar-refractivity contribution in [1.82, 2.24) is 5.32 Å². The molecule has 2 N–H and O–H groups in total. The lowest BCUT2D eigenvalue weighted by Crippen LogP contribution is -2.33. The molecule has 1 fully saturated rings. The van der Waals surface area contributed by atoms with Crippen LogP contribution in [0.2, 0.25) is 0 Å². The summed E-state index contributed by atoms with van der Waals surface area (Å²) < 4.78 is 4.42. The summed E-state index contributed by atoms with van der Waals surface area (Å²) >= 11 is 0. The predicted molar refractivity (Wildman–Crippen MR) is 29.6 cm³/mol. The van der Waals surface area contributed by atoms with Crippen LogP contribution >= 0.6 is 0 Å². The molecule has 0 aromatic rings. The number of hydrogen-bond acceptors (Lipinski definition) is 4. The molecule has 0 radical (unpaired) electrons. The molecule has 0 aliphatic carbocycles. The van der Waals surface area contributed by atoms with Gasteiger partial charge in [-0.3, -0.25) is 4.79 Å². The molecule has 9 heavy (non-hydrogen) atoms. The number of esters is 1. The number of hydrogen-bond donors (Lipinski definition) is 2. The number of rotatable bonds is 1. The van der Waals surface area contributed by atoms with E-state index in [2.05, 4.69) is 10.1 Å². The average molecular weight is 131 g/mol. The second-order valence-corrected chi connectivity index (χ2v) is 1.98.